The lowest BCUT2D eigenvalue weighted by molar-refractivity contribution is -0.132. The first-order valence-corrected chi connectivity index (χ1v) is 5.84. The second-order valence-electron chi connectivity index (χ2n) is 2.46. The number of nitrogens with zero attached hydrogens (tertiary/aromatic N) is 1. The maximum Gasteiger partial charge on any atom is 0.414 e. The average molecular weight is 236 g/mol. The summed E-state index contributed by atoms with van der Waals surface area (Å²) in [4.78, 5) is 0. The quantitative estimate of drug-likeness (QED) is 0.667. The molecule has 0 aromatic carbocycles. The van der Waals surface area contributed by atoms with Gasteiger partial charge in [0, 0.05) is 0 Å². The van der Waals surface area contributed by atoms with E-state index in [9.17, 15) is 21.6 Å². The predicted molar refractivity (Wildman–Crippen MR) is 42.1 cm³/mol. The second-order valence-corrected chi connectivity index (χ2v) is 5.72. The molecular weight excluding hydrogens is 229 g/mol. The summed E-state index contributed by atoms with van der Waals surface area (Å²) >= 11 is 0.234. The standard InChI is InChI=1S/C4H7F3N2O2S2/c1-13(10,11)9-2-8-3(12-9)4(5,6)7/h3,8H,2H2,1H3. The average Bonchev–Trinajstić information content (AvgIpc) is 2.28. The summed E-state index contributed by atoms with van der Waals surface area (Å²) < 4.78 is 58.3. The van der Waals surface area contributed by atoms with E-state index in [1.807, 2.05) is 5.32 Å². The van der Waals surface area contributed by atoms with E-state index in [0.29, 0.717) is 3.71 Å². The van der Waals surface area contributed by atoms with Crippen molar-refractivity contribution in [2.45, 2.75) is 11.6 Å². The first-order valence-electron chi connectivity index (χ1n) is 3.16. The summed E-state index contributed by atoms with van der Waals surface area (Å²) in [5, 5.41) is 0.207. The molecule has 0 aromatic rings. The molecule has 1 fully saturated rings. The van der Waals surface area contributed by atoms with Crippen molar-refractivity contribution in [3.05, 3.63) is 0 Å². The molecule has 78 valence electrons. The van der Waals surface area contributed by atoms with Crippen LogP contribution >= 0.6 is 11.9 Å². The smallest absolute Gasteiger partial charge is 0.282 e. The van der Waals surface area contributed by atoms with Crippen LogP contribution in [0.1, 0.15) is 0 Å². The summed E-state index contributed by atoms with van der Waals surface area (Å²) in [6, 6.07) is 0. The third kappa shape index (κ3) is 2.73. The van der Waals surface area contributed by atoms with Crippen molar-refractivity contribution < 1.29 is 21.6 Å². The third-order valence-corrected chi connectivity index (χ3v) is 4.24. The van der Waals surface area contributed by atoms with E-state index in [4.69, 9.17) is 0 Å². The van der Waals surface area contributed by atoms with Gasteiger partial charge in [-0.1, -0.05) is 0 Å². The Morgan fingerprint density at radius 1 is 1.54 bits per heavy atom. The molecule has 0 amide bonds. The highest BCUT2D eigenvalue weighted by Crippen LogP contribution is 2.35. The third-order valence-electron chi connectivity index (χ3n) is 1.30. The largest absolute Gasteiger partial charge is 0.414 e. The van der Waals surface area contributed by atoms with Gasteiger partial charge in [0.2, 0.25) is 10.0 Å². The topological polar surface area (TPSA) is 49.4 Å². The van der Waals surface area contributed by atoms with Gasteiger partial charge >= 0.3 is 6.18 Å². The Kier molecular flexibility index (Phi) is 2.81. The molecule has 0 bridgehead atoms. The van der Waals surface area contributed by atoms with Crippen LogP contribution in [0.15, 0.2) is 0 Å². The predicted octanol–water partition coefficient (Wildman–Crippen LogP) is 0.345. The molecule has 1 aliphatic heterocycles. The lowest BCUT2D eigenvalue weighted by Gasteiger charge is -2.13. The van der Waals surface area contributed by atoms with E-state index in [2.05, 4.69) is 0 Å². The number of alkyl halides is 3. The van der Waals surface area contributed by atoms with Crippen LogP contribution in [0, 0.1) is 0 Å². The SMILES string of the molecule is CS(=O)(=O)N1CNC(C(F)(F)F)S1. The van der Waals surface area contributed by atoms with Crippen LogP contribution in [0.2, 0.25) is 0 Å². The molecule has 4 nitrogen and oxygen atoms in total. The Morgan fingerprint density at radius 3 is 2.31 bits per heavy atom. The van der Waals surface area contributed by atoms with Gasteiger partial charge in [-0.25, -0.2) is 8.42 Å². The summed E-state index contributed by atoms with van der Waals surface area (Å²) in [5.74, 6) is 0. The Bertz CT molecular complexity index is 288. The van der Waals surface area contributed by atoms with Gasteiger partial charge in [0.1, 0.15) is 0 Å². The Hall–Kier alpha value is 0.01000. The molecule has 0 aromatic heterocycles. The van der Waals surface area contributed by atoms with Crippen molar-refractivity contribution in [1.29, 1.82) is 0 Å². The highest BCUT2D eigenvalue weighted by Gasteiger charge is 2.46. The Morgan fingerprint density at radius 2 is 2.08 bits per heavy atom. The van der Waals surface area contributed by atoms with Crippen LogP contribution in [0.4, 0.5) is 13.2 Å². The number of sulfonamides is 1. The zero-order chi connectivity index (χ0) is 10.3. The van der Waals surface area contributed by atoms with E-state index < -0.39 is 21.6 Å². The van der Waals surface area contributed by atoms with Crippen molar-refractivity contribution in [1.82, 2.24) is 9.03 Å². The van der Waals surface area contributed by atoms with Crippen molar-refractivity contribution >= 4 is 22.0 Å². The minimum absolute atomic E-state index is 0.234. The van der Waals surface area contributed by atoms with Gasteiger partial charge in [0.05, 0.1) is 12.9 Å². The van der Waals surface area contributed by atoms with E-state index in [1.54, 1.807) is 0 Å². The molecule has 1 atom stereocenters. The fourth-order valence-electron chi connectivity index (χ4n) is 0.720. The zero-order valence-electron chi connectivity index (χ0n) is 6.50. The molecule has 1 N–H and O–H groups in total. The van der Waals surface area contributed by atoms with E-state index in [-0.39, 0.29) is 18.6 Å². The summed E-state index contributed by atoms with van der Waals surface area (Å²) in [6.45, 7) is -0.312. The van der Waals surface area contributed by atoms with Crippen molar-refractivity contribution in [2.75, 3.05) is 12.9 Å². The molecule has 0 saturated carbocycles. The second kappa shape index (κ2) is 3.30. The summed E-state index contributed by atoms with van der Waals surface area (Å²) in [5.41, 5.74) is 0. The van der Waals surface area contributed by atoms with Crippen molar-refractivity contribution in [3.8, 4) is 0 Å². The van der Waals surface area contributed by atoms with Crippen LogP contribution in [0.3, 0.4) is 0 Å². The first kappa shape index (κ1) is 11.1. The van der Waals surface area contributed by atoms with Gasteiger partial charge < -0.3 is 0 Å². The molecule has 9 heteroatoms. The number of hydrogen-bond acceptors (Lipinski definition) is 4. The number of hydrogen-bond donors (Lipinski definition) is 1. The van der Waals surface area contributed by atoms with Gasteiger partial charge in [0.25, 0.3) is 0 Å². The van der Waals surface area contributed by atoms with Gasteiger partial charge in [-0.05, 0) is 11.9 Å². The van der Waals surface area contributed by atoms with Gasteiger partial charge in [-0.3, -0.25) is 5.32 Å². The molecule has 1 rings (SSSR count). The molecule has 0 aliphatic carbocycles. The fraction of sp³-hybridized carbons (Fsp3) is 1.00. The minimum Gasteiger partial charge on any atom is -0.282 e. The normalized spacial score (nSPS) is 26.6. The van der Waals surface area contributed by atoms with Crippen LogP contribution in [0.5, 0.6) is 0 Å². The molecule has 1 unspecified atom stereocenters. The summed E-state index contributed by atoms with van der Waals surface area (Å²) in [6.07, 6.45) is -3.56. The maximum absolute atomic E-state index is 12.0. The zero-order valence-corrected chi connectivity index (χ0v) is 8.13. The minimum atomic E-state index is -4.43. The summed E-state index contributed by atoms with van der Waals surface area (Å²) in [7, 11) is -3.56. The molecule has 1 saturated heterocycles. The number of rotatable bonds is 1. The van der Waals surface area contributed by atoms with E-state index >= 15 is 0 Å². The van der Waals surface area contributed by atoms with Gasteiger partial charge in [0.15, 0.2) is 5.37 Å². The lowest BCUT2D eigenvalue weighted by atomic mass is 10.6. The monoisotopic (exact) mass is 236 g/mol. The van der Waals surface area contributed by atoms with Crippen LogP contribution < -0.4 is 5.32 Å². The fourth-order valence-corrected chi connectivity index (χ4v) is 2.57. The highest BCUT2D eigenvalue weighted by atomic mass is 32.3. The molecule has 0 spiro atoms. The Labute approximate surface area is 77.7 Å². The molecule has 13 heavy (non-hydrogen) atoms. The number of halogens is 3. The Balaban J connectivity index is 2.66. The first-order chi connectivity index (χ1) is 5.71. The highest BCUT2D eigenvalue weighted by molar-refractivity contribution is 8.08. The van der Waals surface area contributed by atoms with Crippen molar-refractivity contribution in [2.24, 2.45) is 0 Å². The van der Waals surface area contributed by atoms with Crippen LogP contribution in [-0.2, 0) is 10.0 Å². The number of nitrogens with one attached hydrogen (secondary N) is 1. The van der Waals surface area contributed by atoms with Gasteiger partial charge in [-0.2, -0.15) is 13.2 Å². The molecule has 1 heterocycles. The van der Waals surface area contributed by atoms with Crippen LogP contribution in [-0.4, -0.2) is 36.6 Å². The molecule has 1 aliphatic rings. The van der Waals surface area contributed by atoms with Crippen molar-refractivity contribution in [3.63, 3.8) is 0 Å². The van der Waals surface area contributed by atoms with Gasteiger partial charge in [-0.15, -0.1) is 3.71 Å². The molecule has 0 radical (unpaired) electrons. The lowest BCUT2D eigenvalue weighted by Crippen LogP contribution is -2.35. The molecular formula is C4H7F3N2O2S2. The van der Waals surface area contributed by atoms with E-state index in [1.165, 1.54) is 0 Å². The van der Waals surface area contributed by atoms with Crippen LogP contribution in [0.25, 0.3) is 0 Å². The van der Waals surface area contributed by atoms with E-state index in [0.717, 1.165) is 6.26 Å². The maximum atomic E-state index is 12.0.